The van der Waals surface area contributed by atoms with Crippen molar-refractivity contribution in [2.75, 3.05) is 13.2 Å². The second-order valence-corrected chi connectivity index (χ2v) is 4.59. The van der Waals surface area contributed by atoms with Gasteiger partial charge in [0, 0.05) is 5.38 Å². The van der Waals surface area contributed by atoms with Crippen LogP contribution in [0, 0.1) is 11.8 Å². The van der Waals surface area contributed by atoms with Crippen LogP contribution in [0.15, 0.2) is 0 Å². The molecule has 0 heterocycles. The van der Waals surface area contributed by atoms with Crippen molar-refractivity contribution in [1.29, 1.82) is 0 Å². The van der Waals surface area contributed by atoms with Gasteiger partial charge in [0.2, 0.25) is 0 Å². The van der Waals surface area contributed by atoms with E-state index >= 15 is 0 Å². The Kier molecular flexibility index (Phi) is 4.50. The van der Waals surface area contributed by atoms with Crippen molar-refractivity contribution in [3.8, 4) is 0 Å². The smallest absolute Gasteiger partial charge is 0.0701 e. The molecular formula is C10H19ClO2. The molecule has 0 spiro atoms. The molecule has 0 amide bonds. The zero-order valence-corrected chi connectivity index (χ0v) is 9.13. The average Bonchev–Trinajstić information content (AvgIpc) is 2.10. The maximum atomic E-state index is 8.63. The summed E-state index contributed by atoms with van der Waals surface area (Å²) in [4.78, 5) is 0. The summed E-state index contributed by atoms with van der Waals surface area (Å²) in [6, 6.07) is 0. The number of aliphatic hydroxyl groups is 1. The molecule has 1 fully saturated rings. The van der Waals surface area contributed by atoms with Gasteiger partial charge in [-0.3, -0.25) is 0 Å². The van der Waals surface area contributed by atoms with Crippen molar-refractivity contribution in [3.63, 3.8) is 0 Å². The molecule has 1 aliphatic rings. The van der Waals surface area contributed by atoms with Crippen LogP contribution in [0.3, 0.4) is 0 Å². The fraction of sp³-hybridized carbons (Fsp3) is 1.00. The SMILES string of the molecule is CC1CC(OCCO)CC(C)C1Cl. The first kappa shape index (κ1) is 11.3. The second-order valence-electron chi connectivity index (χ2n) is 4.09. The van der Waals surface area contributed by atoms with Crippen LogP contribution in [0.5, 0.6) is 0 Å². The molecule has 1 saturated carbocycles. The summed E-state index contributed by atoms with van der Waals surface area (Å²) in [5, 5.41) is 8.92. The molecule has 2 unspecified atom stereocenters. The predicted molar refractivity (Wildman–Crippen MR) is 54.0 cm³/mol. The van der Waals surface area contributed by atoms with Crippen LogP contribution in [-0.2, 0) is 4.74 Å². The molecule has 0 aliphatic heterocycles. The molecule has 3 heteroatoms. The molecule has 13 heavy (non-hydrogen) atoms. The fourth-order valence-corrected chi connectivity index (χ4v) is 2.31. The first-order chi connectivity index (χ1) is 6.15. The Bertz CT molecular complexity index is 140. The minimum atomic E-state index is 0.115. The molecule has 0 aromatic heterocycles. The van der Waals surface area contributed by atoms with Crippen LogP contribution >= 0.6 is 11.6 Å². The number of alkyl halides is 1. The maximum Gasteiger partial charge on any atom is 0.0701 e. The van der Waals surface area contributed by atoms with Crippen molar-refractivity contribution in [1.82, 2.24) is 0 Å². The Morgan fingerprint density at radius 1 is 1.31 bits per heavy atom. The third-order valence-electron chi connectivity index (χ3n) is 2.80. The molecular weight excluding hydrogens is 188 g/mol. The lowest BCUT2D eigenvalue weighted by Gasteiger charge is -2.35. The fourth-order valence-electron chi connectivity index (χ4n) is 2.10. The summed E-state index contributed by atoms with van der Waals surface area (Å²) in [5.41, 5.74) is 0. The van der Waals surface area contributed by atoms with Crippen LogP contribution in [0.1, 0.15) is 26.7 Å². The summed E-state index contributed by atoms with van der Waals surface area (Å²) in [6.45, 7) is 4.91. The van der Waals surface area contributed by atoms with Crippen LogP contribution in [-0.4, -0.2) is 29.8 Å². The number of hydrogen-bond donors (Lipinski definition) is 1. The van der Waals surface area contributed by atoms with Crippen LogP contribution in [0.2, 0.25) is 0 Å². The number of halogens is 1. The highest BCUT2D eigenvalue weighted by Gasteiger charge is 2.31. The van der Waals surface area contributed by atoms with Gasteiger partial charge in [0.1, 0.15) is 0 Å². The molecule has 0 aromatic carbocycles. The maximum absolute atomic E-state index is 8.63. The molecule has 1 rings (SSSR count). The third kappa shape index (κ3) is 3.12. The highest BCUT2D eigenvalue weighted by atomic mass is 35.5. The minimum Gasteiger partial charge on any atom is -0.394 e. The van der Waals surface area contributed by atoms with Gasteiger partial charge < -0.3 is 9.84 Å². The van der Waals surface area contributed by atoms with Crippen LogP contribution in [0.25, 0.3) is 0 Å². The van der Waals surface area contributed by atoms with Crippen molar-refractivity contribution in [2.45, 2.75) is 38.2 Å². The summed E-state index contributed by atoms with van der Waals surface area (Å²) in [6.07, 6.45) is 2.35. The quantitative estimate of drug-likeness (QED) is 0.717. The van der Waals surface area contributed by atoms with Gasteiger partial charge in [-0.1, -0.05) is 13.8 Å². The summed E-state index contributed by atoms with van der Waals surface area (Å²) in [7, 11) is 0. The van der Waals surface area contributed by atoms with Crippen molar-refractivity contribution in [2.24, 2.45) is 11.8 Å². The summed E-state index contributed by atoms with van der Waals surface area (Å²) in [5.74, 6) is 1.04. The molecule has 2 nitrogen and oxygen atoms in total. The van der Waals surface area contributed by atoms with Gasteiger partial charge in [-0.15, -0.1) is 11.6 Å². The van der Waals surface area contributed by atoms with Gasteiger partial charge in [-0.05, 0) is 24.7 Å². The van der Waals surface area contributed by atoms with E-state index in [0.29, 0.717) is 24.5 Å². The third-order valence-corrected chi connectivity index (χ3v) is 3.66. The minimum absolute atomic E-state index is 0.115. The Labute approximate surface area is 85.2 Å². The van der Waals surface area contributed by atoms with Gasteiger partial charge in [-0.2, -0.15) is 0 Å². The van der Waals surface area contributed by atoms with Crippen molar-refractivity contribution in [3.05, 3.63) is 0 Å². The lowest BCUT2D eigenvalue weighted by molar-refractivity contribution is -0.0127. The Morgan fingerprint density at radius 2 is 1.85 bits per heavy atom. The van der Waals surface area contributed by atoms with Gasteiger partial charge in [0.15, 0.2) is 0 Å². The van der Waals surface area contributed by atoms with Crippen LogP contribution in [0.4, 0.5) is 0 Å². The number of ether oxygens (including phenoxy) is 1. The van der Waals surface area contributed by atoms with E-state index in [2.05, 4.69) is 13.8 Å². The zero-order chi connectivity index (χ0) is 9.84. The van der Waals surface area contributed by atoms with E-state index in [4.69, 9.17) is 21.4 Å². The van der Waals surface area contributed by atoms with Crippen molar-refractivity contribution < 1.29 is 9.84 Å². The monoisotopic (exact) mass is 206 g/mol. The first-order valence-electron chi connectivity index (χ1n) is 5.01. The van der Waals surface area contributed by atoms with Gasteiger partial charge in [-0.25, -0.2) is 0 Å². The van der Waals surface area contributed by atoms with E-state index in [9.17, 15) is 0 Å². The summed E-state index contributed by atoms with van der Waals surface area (Å²) < 4.78 is 5.51. The average molecular weight is 207 g/mol. The van der Waals surface area contributed by atoms with E-state index in [1.165, 1.54) is 0 Å². The lowest BCUT2D eigenvalue weighted by atomic mass is 9.81. The van der Waals surface area contributed by atoms with Gasteiger partial charge >= 0.3 is 0 Å². The normalized spacial score (nSPS) is 40.6. The van der Waals surface area contributed by atoms with E-state index in [0.717, 1.165) is 12.8 Å². The molecule has 0 bridgehead atoms. The lowest BCUT2D eigenvalue weighted by Crippen LogP contribution is -2.35. The highest BCUT2D eigenvalue weighted by molar-refractivity contribution is 6.21. The Morgan fingerprint density at radius 3 is 2.31 bits per heavy atom. The Balaban J connectivity index is 2.35. The van der Waals surface area contributed by atoms with Gasteiger partial charge in [0.05, 0.1) is 19.3 Å². The van der Waals surface area contributed by atoms with Crippen LogP contribution < -0.4 is 0 Å². The summed E-state index contributed by atoms with van der Waals surface area (Å²) >= 11 is 6.21. The molecule has 1 aliphatic carbocycles. The standard InChI is InChI=1S/C10H19ClO2/c1-7-5-9(13-4-3-12)6-8(2)10(7)11/h7-10,12H,3-6H2,1-2H3. The molecule has 0 radical (unpaired) electrons. The van der Waals surface area contributed by atoms with Gasteiger partial charge in [0.25, 0.3) is 0 Å². The van der Waals surface area contributed by atoms with E-state index < -0.39 is 0 Å². The number of aliphatic hydroxyl groups excluding tert-OH is 1. The molecule has 0 saturated heterocycles. The Hall–Kier alpha value is 0.210. The molecule has 1 N–H and O–H groups in total. The highest BCUT2D eigenvalue weighted by Crippen LogP contribution is 2.34. The first-order valence-corrected chi connectivity index (χ1v) is 5.45. The largest absolute Gasteiger partial charge is 0.394 e. The van der Waals surface area contributed by atoms with E-state index in [1.807, 2.05) is 0 Å². The zero-order valence-electron chi connectivity index (χ0n) is 8.37. The number of hydrogen-bond acceptors (Lipinski definition) is 2. The molecule has 2 atom stereocenters. The number of rotatable bonds is 3. The molecule has 78 valence electrons. The van der Waals surface area contributed by atoms with E-state index in [1.54, 1.807) is 0 Å². The molecule has 0 aromatic rings. The van der Waals surface area contributed by atoms with E-state index in [-0.39, 0.29) is 12.0 Å². The topological polar surface area (TPSA) is 29.5 Å². The second kappa shape index (κ2) is 5.18. The van der Waals surface area contributed by atoms with Crippen molar-refractivity contribution >= 4 is 11.6 Å². The predicted octanol–water partition coefficient (Wildman–Crippen LogP) is 2.04.